The summed E-state index contributed by atoms with van der Waals surface area (Å²) >= 11 is 1.60. The maximum Gasteiger partial charge on any atom is 0.234 e. The molecule has 0 fully saturated rings. The first kappa shape index (κ1) is 20.9. The van der Waals surface area contributed by atoms with Crippen molar-refractivity contribution < 1.29 is 9.53 Å². The number of thiazole rings is 1. The monoisotopic (exact) mass is 329 g/mol. The smallest absolute Gasteiger partial charge is 0.234 e. The van der Waals surface area contributed by atoms with Gasteiger partial charge in [-0.3, -0.25) is 4.79 Å². The number of carbonyl (C=O) groups excluding carboxylic acids is 1. The summed E-state index contributed by atoms with van der Waals surface area (Å²) in [6.45, 7) is 5.52. The van der Waals surface area contributed by atoms with Gasteiger partial charge >= 0.3 is 0 Å². The molecule has 19 heavy (non-hydrogen) atoms. The van der Waals surface area contributed by atoms with E-state index in [0.717, 1.165) is 9.88 Å². The van der Waals surface area contributed by atoms with Crippen LogP contribution >= 0.6 is 36.2 Å². The fourth-order valence-electron chi connectivity index (χ4n) is 1.30. The summed E-state index contributed by atoms with van der Waals surface area (Å²) in [5.41, 5.74) is 0. The molecule has 0 aliphatic heterocycles. The normalized spacial score (nSPS) is 11.1. The average molecular weight is 330 g/mol. The van der Waals surface area contributed by atoms with Crippen molar-refractivity contribution in [2.45, 2.75) is 19.9 Å². The van der Waals surface area contributed by atoms with E-state index in [4.69, 9.17) is 4.74 Å². The predicted octanol–water partition coefficient (Wildman–Crippen LogP) is 1.71. The minimum atomic E-state index is -0.0366. The van der Waals surface area contributed by atoms with E-state index in [9.17, 15) is 4.79 Å². The number of carbonyl (C=O) groups is 1. The number of halogens is 2. The fraction of sp³-hybridized carbons (Fsp3) is 0.636. The number of rotatable bonds is 7. The molecule has 8 heteroatoms. The molecule has 2 N–H and O–H groups in total. The molecule has 0 aromatic carbocycles. The maximum absolute atomic E-state index is 11.6. The van der Waals surface area contributed by atoms with Gasteiger partial charge in [0, 0.05) is 24.7 Å². The second kappa shape index (κ2) is 11.4. The zero-order chi connectivity index (χ0) is 12.7. The molecule has 1 heterocycles. The van der Waals surface area contributed by atoms with E-state index >= 15 is 0 Å². The third kappa shape index (κ3) is 8.39. The van der Waals surface area contributed by atoms with Gasteiger partial charge in [0.05, 0.1) is 19.2 Å². The second-order valence-corrected chi connectivity index (χ2v) is 5.03. The van der Waals surface area contributed by atoms with Crippen molar-refractivity contribution in [2.75, 3.05) is 26.8 Å². The lowest BCUT2D eigenvalue weighted by Gasteiger charge is -2.11. The first-order chi connectivity index (χ1) is 8.13. The van der Waals surface area contributed by atoms with Gasteiger partial charge in [-0.15, -0.1) is 36.2 Å². The van der Waals surface area contributed by atoms with Gasteiger partial charge in [0.15, 0.2) is 0 Å². The third-order valence-corrected chi connectivity index (χ3v) is 3.25. The molecular weight excluding hydrogens is 309 g/mol. The molecule has 1 rings (SSSR count). The molecule has 112 valence electrons. The molecule has 0 saturated heterocycles. The highest BCUT2D eigenvalue weighted by Gasteiger charge is 2.11. The van der Waals surface area contributed by atoms with Crippen LogP contribution in [0, 0.1) is 6.92 Å². The number of nitrogens with one attached hydrogen (secondary N) is 2. The van der Waals surface area contributed by atoms with Gasteiger partial charge in [0.2, 0.25) is 5.91 Å². The molecule has 0 saturated carbocycles. The highest BCUT2D eigenvalue weighted by atomic mass is 35.5. The maximum atomic E-state index is 11.6. The number of hydrogen-bond acceptors (Lipinski definition) is 5. The van der Waals surface area contributed by atoms with E-state index in [1.807, 2.05) is 20.0 Å². The van der Waals surface area contributed by atoms with E-state index in [-0.39, 0.29) is 36.8 Å². The van der Waals surface area contributed by atoms with Gasteiger partial charge in [-0.25, -0.2) is 4.98 Å². The topological polar surface area (TPSA) is 63.2 Å². The quantitative estimate of drug-likeness (QED) is 0.747. The second-order valence-electron chi connectivity index (χ2n) is 3.77. The molecule has 5 nitrogen and oxygen atoms in total. The Morgan fingerprint density at radius 3 is 2.74 bits per heavy atom. The number of nitrogens with zero attached hydrogens (tertiary/aromatic N) is 1. The Balaban J connectivity index is 0. The van der Waals surface area contributed by atoms with Crippen LogP contribution in [0.2, 0.25) is 0 Å². The van der Waals surface area contributed by atoms with Crippen molar-refractivity contribution in [3.8, 4) is 0 Å². The van der Waals surface area contributed by atoms with Gasteiger partial charge in [0.25, 0.3) is 0 Å². The van der Waals surface area contributed by atoms with Crippen molar-refractivity contribution in [1.29, 1.82) is 0 Å². The standard InChI is InChI=1S/C11H19N3O2S.2ClH/c1-8-6-13-11(17-8)9(2)14-10(15)7-12-4-5-16-3;;/h6,9,12H,4-5,7H2,1-3H3,(H,14,15);2*1H. The summed E-state index contributed by atoms with van der Waals surface area (Å²) in [5, 5.41) is 6.82. The first-order valence-electron chi connectivity index (χ1n) is 5.55. The third-order valence-electron chi connectivity index (χ3n) is 2.16. The number of aromatic nitrogens is 1. The average Bonchev–Trinajstić information content (AvgIpc) is 2.71. The Morgan fingerprint density at radius 1 is 1.53 bits per heavy atom. The van der Waals surface area contributed by atoms with Gasteiger partial charge in [-0.05, 0) is 13.8 Å². The van der Waals surface area contributed by atoms with Crippen LogP contribution < -0.4 is 10.6 Å². The summed E-state index contributed by atoms with van der Waals surface area (Å²) < 4.78 is 4.87. The van der Waals surface area contributed by atoms with Crippen LogP contribution in [0.4, 0.5) is 0 Å². The van der Waals surface area contributed by atoms with Crippen molar-refractivity contribution in [2.24, 2.45) is 0 Å². The number of hydrogen-bond donors (Lipinski definition) is 2. The summed E-state index contributed by atoms with van der Waals surface area (Å²) in [7, 11) is 1.63. The fourth-order valence-corrected chi connectivity index (χ4v) is 2.08. The van der Waals surface area contributed by atoms with E-state index < -0.39 is 0 Å². The van der Waals surface area contributed by atoms with Gasteiger partial charge in [-0.2, -0.15) is 0 Å². The van der Waals surface area contributed by atoms with Crippen molar-refractivity contribution >= 4 is 42.1 Å². The highest BCUT2D eigenvalue weighted by molar-refractivity contribution is 7.11. The molecule has 1 amide bonds. The number of aryl methyl sites for hydroxylation is 1. The summed E-state index contributed by atoms with van der Waals surface area (Å²) in [6, 6.07) is -0.0366. The molecule has 1 aromatic rings. The molecule has 0 radical (unpaired) electrons. The summed E-state index contributed by atoms with van der Waals surface area (Å²) in [4.78, 5) is 17.0. The molecular formula is C11H21Cl2N3O2S. The van der Waals surface area contributed by atoms with Crippen LogP contribution in [-0.2, 0) is 9.53 Å². The Kier molecular flexibility index (Phi) is 12.6. The van der Waals surface area contributed by atoms with Gasteiger partial charge < -0.3 is 15.4 Å². The highest BCUT2D eigenvalue weighted by Crippen LogP contribution is 2.18. The number of ether oxygens (including phenoxy) is 1. The van der Waals surface area contributed by atoms with Crippen molar-refractivity contribution in [3.05, 3.63) is 16.1 Å². The zero-order valence-corrected chi connectivity index (χ0v) is 13.7. The Labute approximate surface area is 130 Å². The van der Waals surface area contributed by atoms with Crippen LogP contribution in [0.3, 0.4) is 0 Å². The molecule has 0 aliphatic rings. The summed E-state index contributed by atoms with van der Waals surface area (Å²) in [5.74, 6) is -0.0264. The SMILES string of the molecule is COCCNCC(=O)NC(C)c1ncc(C)s1.Cl.Cl. The lowest BCUT2D eigenvalue weighted by molar-refractivity contribution is -0.120. The first-order valence-corrected chi connectivity index (χ1v) is 6.36. The number of methoxy groups -OCH3 is 1. The molecule has 0 aliphatic carbocycles. The molecule has 1 aromatic heterocycles. The lowest BCUT2D eigenvalue weighted by atomic mass is 10.3. The molecule has 1 unspecified atom stereocenters. The Hall–Kier alpha value is -0.400. The Bertz CT molecular complexity index is 363. The molecule has 0 bridgehead atoms. The lowest BCUT2D eigenvalue weighted by Crippen LogP contribution is -2.36. The minimum Gasteiger partial charge on any atom is -0.383 e. The van der Waals surface area contributed by atoms with E-state index in [1.54, 1.807) is 18.4 Å². The van der Waals surface area contributed by atoms with E-state index in [1.165, 1.54) is 0 Å². The van der Waals surface area contributed by atoms with Crippen LogP contribution in [0.5, 0.6) is 0 Å². The zero-order valence-electron chi connectivity index (χ0n) is 11.3. The van der Waals surface area contributed by atoms with Crippen LogP contribution in [0.1, 0.15) is 22.9 Å². The van der Waals surface area contributed by atoms with Crippen LogP contribution in [-0.4, -0.2) is 37.7 Å². The molecule has 0 spiro atoms. The van der Waals surface area contributed by atoms with Crippen LogP contribution in [0.25, 0.3) is 0 Å². The van der Waals surface area contributed by atoms with Gasteiger partial charge in [0.1, 0.15) is 5.01 Å². The molecule has 1 atom stereocenters. The van der Waals surface area contributed by atoms with Crippen molar-refractivity contribution in [1.82, 2.24) is 15.6 Å². The van der Waals surface area contributed by atoms with Gasteiger partial charge in [-0.1, -0.05) is 0 Å². The van der Waals surface area contributed by atoms with Crippen LogP contribution in [0.15, 0.2) is 6.20 Å². The minimum absolute atomic E-state index is 0. The largest absolute Gasteiger partial charge is 0.383 e. The number of amides is 1. The van der Waals surface area contributed by atoms with E-state index in [0.29, 0.717) is 19.7 Å². The Morgan fingerprint density at radius 2 is 2.21 bits per heavy atom. The predicted molar refractivity (Wildman–Crippen MR) is 82.7 cm³/mol. The van der Waals surface area contributed by atoms with Crippen molar-refractivity contribution in [3.63, 3.8) is 0 Å². The summed E-state index contributed by atoms with van der Waals surface area (Å²) in [6.07, 6.45) is 1.82. The van der Waals surface area contributed by atoms with E-state index in [2.05, 4.69) is 15.6 Å².